The lowest BCUT2D eigenvalue weighted by Crippen LogP contribution is -1.92. The summed E-state index contributed by atoms with van der Waals surface area (Å²) in [7, 11) is 0. The molecule has 0 spiro atoms. The molecule has 0 aliphatic carbocycles. The van der Waals surface area contributed by atoms with Crippen LogP contribution in [0.25, 0.3) is 11.4 Å². The zero-order valence-corrected chi connectivity index (χ0v) is 13.0. The minimum Gasteiger partial charge on any atom is -0.454 e. The Bertz CT molecular complexity index is 852. The number of ether oxygens (including phenoxy) is 2. The van der Waals surface area contributed by atoms with Crippen molar-refractivity contribution in [2.75, 3.05) is 6.79 Å². The van der Waals surface area contributed by atoms with E-state index in [1.807, 2.05) is 31.2 Å². The molecule has 0 saturated heterocycles. The third-order valence-electron chi connectivity index (χ3n) is 3.20. The molecule has 4 rings (SSSR count). The molecule has 7 nitrogen and oxygen atoms in total. The number of hydrogen-bond donors (Lipinski definition) is 0. The van der Waals surface area contributed by atoms with Gasteiger partial charge in [-0.2, -0.15) is 4.98 Å². The maximum atomic E-state index is 5.35. The SMILES string of the molecule is Cc1ccnc(SCc2nc(-c3ccc4c(c3)OCO4)no2)n1. The van der Waals surface area contributed by atoms with Crippen LogP contribution in [-0.4, -0.2) is 26.9 Å². The minimum atomic E-state index is 0.239. The van der Waals surface area contributed by atoms with Crippen molar-refractivity contribution >= 4 is 11.8 Å². The lowest BCUT2D eigenvalue weighted by Gasteiger charge is -1.98. The highest BCUT2D eigenvalue weighted by Gasteiger charge is 2.16. The predicted molar refractivity (Wildman–Crippen MR) is 82.2 cm³/mol. The van der Waals surface area contributed by atoms with Crippen molar-refractivity contribution in [3.8, 4) is 22.9 Å². The van der Waals surface area contributed by atoms with Crippen LogP contribution in [0.4, 0.5) is 0 Å². The van der Waals surface area contributed by atoms with E-state index in [1.54, 1.807) is 6.20 Å². The largest absolute Gasteiger partial charge is 0.454 e. The summed E-state index contributed by atoms with van der Waals surface area (Å²) in [6.07, 6.45) is 1.73. The Hall–Kier alpha value is -2.61. The molecule has 0 radical (unpaired) electrons. The van der Waals surface area contributed by atoms with E-state index in [0.717, 1.165) is 17.0 Å². The summed E-state index contributed by atoms with van der Waals surface area (Å²) < 4.78 is 15.9. The lowest BCUT2D eigenvalue weighted by molar-refractivity contribution is 0.174. The van der Waals surface area contributed by atoms with E-state index in [9.17, 15) is 0 Å². The molecule has 1 aliphatic heterocycles. The van der Waals surface area contributed by atoms with Crippen molar-refractivity contribution < 1.29 is 14.0 Å². The Morgan fingerprint density at radius 1 is 1.13 bits per heavy atom. The van der Waals surface area contributed by atoms with Crippen LogP contribution in [0.5, 0.6) is 11.5 Å². The smallest absolute Gasteiger partial charge is 0.237 e. The molecule has 0 saturated carbocycles. The van der Waals surface area contributed by atoms with Gasteiger partial charge in [-0.15, -0.1) is 0 Å². The van der Waals surface area contributed by atoms with Gasteiger partial charge in [0.15, 0.2) is 16.7 Å². The van der Waals surface area contributed by atoms with Gasteiger partial charge in [-0.3, -0.25) is 0 Å². The van der Waals surface area contributed by atoms with Gasteiger partial charge in [-0.1, -0.05) is 16.9 Å². The number of nitrogens with zero attached hydrogens (tertiary/aromatic N) is 4. The Kier molecular flexibility index (Phi) is 3.58. The van der Waals surface area contributed by atoms with Crippen molar-refractivity contribution in [3.63, 3.8) is 0 Å². The number of rotatable bonds is 4. The maximum Gasteiger partial charge on any atom is 0.237 e. The molecule has 1 aliphatic rings. The van der Waals surface area contributed by atoms with Gasteiger partial charge in [0.2, 0.25) is 18.5 Å². The molecule has 3 aromatic rings. The normalized spacial score (nSPS) is 12.6. The van der Waals surface area contributed by atoms with Gasteiger partial charge in [0, 0.05) is 17.5 Å². The first-order valence-corrected chi connectivity index (χ1v) is 7.91. The molecule has 23 heavy (non-hydrogen) atoms. The Labute approximate surface area is 136 Å². The van der Waals surface area contributed by atoms with Crippen LogP contribution in [0.15, 0.2) is 40.1 Å². The first kappa shape index (κ1) is 14.0. The van der Waals surface area contributed by atoms with E-state index in [4.69, 9.17) is 14.0 Å². The van der Waals surface area contributed by atoms with Gasteiger partial charge in [-0.25, -0.2) is 9.97 Å². The van der Waals surface area contributed by atoms with Gasteiger partial charge in [0.05, 0.1) is 5.75 Å². The fourth-order valence-electron chi connectivity index (χ4n) is 2.09. The first-order chi connectivity index (χ1) is 11.3. The van der Waals surface area contributed by atoms with Crippen molar-refractivity contribution in [2.45, 2.75) is 17.8 Å². The molecule has 0 atom stereocenters. The fraction of sp³-hybridized carbons (Fsp3) is 0.200. The summed E-state index contributed by atoms with van der Waals surface area (Å²) in [4.78, 5) is 12.9. The number of fused-ring (bicyclic) bond motifs is 1. The van der Waals surface area contributed by atoms with Crippen LogP contribution in [0.2, 0.25) is 0 Å². The van der Waals surface area contributed by atoms with E-state index >= 15 is 0 Å². The summed E-state index contributed by atoms with van der Waals surface area (Å²) in [5, 5.41) is 4.69. The zero-order valence-electron chi connectivity index (χ0n) is 12.2. The minimum absolute atomic E-state index is 0.239. The van der Waals surface area contributed by atoms with Crippen molar-refractivity contribution in [3.05, 3.63) is 42.0 Å². The maximum absolute atomic E-state index is 5.35. The molecular weight excluding hydrogens is 316 g/mol. The summed E-state index contributed by atoms with van der Waals surface area (Å²) in [5.41, 5.74) is 1.75. The fourth-order valence-corrected chi connectivity index (χ4v) is 2.80. The average molecular weight is 328 g/mol. The monoisotopic (exact) mass is 328 g/mol. The summed E-state index contributed by atoms with van der Waals surface area (Å²) in [6.45, 7) is 2.17. The summed E-state index contributed by atoms with van der Waals surface area (Å²) in [6, 6.07) is 7.41. The Balaban J connectivity index is 1.48. The molecule has 1 aromatic carbocycles. The third kappa shape index (κ3) is 2.98. The first-order valence-electron chi connectivity index (χ1n) is 6.93. The molecule has 0 unspecified atom stereocenters. The van der Waals surface area contributed by atoms with E-state index in [0.29, 0.717) is 28.4 Å². The highest BCUT2D eigenvalue weighted by atomic mass is 32.2. The van der Waals surface area contributed by atoms with Crippen molar-refractivity contribution in [2.24, 2.45) is 0 Å². The van der Waals surface area contributed by atoms with Crippen LogP contribution in [0, 0.1) is 6.92 Å². The highest BCUT2D eigenvalue weighted by molar-refractivity contribution is 7.98. The van der Waals surface area contributed by atoms with Gasteiger partial charge in [0.25, 0.3) is 0 Å². The molecule has 116 valence electrons. The Morgan fingerprint density at radius 3 is 2.96 bits per heavy atom. The summed E-state index contributed by atoms with van der Waals surface area (Å²) >= 11 is 1.45. The second-order valence-corrected chi connectivity index (χ2v) is 5.79. The number of thioether (sulfide) groups is 1. The number of aromatic nitrogens is 4. The van der Waals surface area contributed by atoms with Crippen LogP contribution < -0.4 is 9.47 Å². The van der Waals surface area contributed by atoms with Crippen molar-refractivity contribution in [1.82, 2.24) is 20.1 Å². The number of aryl methyl sites for hydroxylation is 1. The quantitative estimate of drug-likeness (QED) is 0.534. The van der Waals surface area contributed by atoms with E-state index in [1.165, 1.54) is 11.8 Å². The van der Waals surface area contributed by atoms with E-state index < -0.39 is 0 Å². The van der Waals surface area contributed by atoms with Crippen LogP contribution in [0.3, 0.4) is 0 Å². The van der Waals surface area contributed by atoms with E-state index in [-0.39, 0.29) is 6.79 Å². The van der Waals surface area contributed by atoms with Gasteiger partial charge in [0.1, 0.15) is 0 Å². The van der Waals surface area contributed by atoms with E-state index in [2.05, 4.69) is 20.1 Å². The predicted octanol–water partition coefficient (Wildman–Crippen LogP) is 2.86. The third-order valence-corrected chi connectivity index (χ3v) is 4.04. The molecular formula is C15H12N4O3S. The average Bonchev–Trinajstić information content (AvgIpc) is 3.21. The highest BCUT2D eigenvalue weighted by Crippen LogP contribution is 2.35. The standard InChI is InChI=1S/C15H12N4O3S/c1-9-4-5-16-15(17-9)23-7-13-18-14(19-22-13)10-2-3-11-12(6-10)21-8-20-11/h2-6H,7-8H2,1H3. The molecule has 0 amide bonds. The summed E-state index contributed by atoms with van der Waals surface area (Å²) in [5.74, 6) is 2.97. The second kappa shape index (κ2) is 5.88. The number of benzene rings is 1. The molecule has 0 bridgehead atoms. The van der Waals surface area contributed by atoms with Crippen LogP contribution in [0.1, 0.15) is 11.6 Å². The zero-order chi connectivity index (χ0) is 15.6. The molecule has 8 heteroatoms. The lowest BCUT2D eigenvalue weighted by atomic mass is 10.2. The molecule has 3 heterocycles. The molecule has 0 fully saturated rings. The second-order valence-electron chi connectivity index (χ2n) is 4.85. The van der Waals surface area contributed by atoms with Crippen molar-refractivity contribution in [1.29, 1.82) is 0 Å². The topological polar surface area (TPSA) is 83.2 Å². The van der Waals surface area contributed by atoms with Crippen LogP contribution in [-0.2, 0) is 5.75 Å². The Morgan fingerprint density at radius 2 is 2.04 bits per heavy atom. The molecule has 2 aromatic heterocycles. The van der Waals surface area contributed by atoms with Gasteiger partial charge in [-0.05, 0) is 31.2 Å². The van der Waals surface area contributed by atoms with Gasteiger partial charge >= 0.3 is 0 Å². The van der Waals surface area contributed by atoms with Crippen LogP contribution >= 0.6 is 11.8 Å². The van der Waals surface area contributed by atoms with Gasteiger partial charge < -0.3 is 14.0 Å². The molecule has 0 N–H and O–H groups in total. The number of hydrogen-bond acceptors (Lipinski definition) is 8.